The topological polar surface area (TPSA) is 38.8 Å². The third kappa shape index (κ3) is 3.18. The Hall–Kier alpha value is -0.770. The molecule has 28 heavy (non-hydrogen) atoms. The molecule has 158 valence electrons. The molecular formula is C24H39NO3. The first-order valence-electron chi connectivity index (χ1n) is 12.2. The van der Waals surface area contributed by atoms with Crippen molar-refractivity contribution in [1.82, 2.24) is 4.90 Å². The zero-order chi connectivity index (χ0) is 19.3. The summed E-state index contributed by atoms with van der Waals surface area (Å²) in [5.41, 5.74) is 0.0837. The molecule has 6 unspecified atom stereocenters. The van der Waals surface area contributed by atoms with Crippen LogP contribution in [0.5, 0.6) is 0 Å². The van der Waals surface area contributed by atoms with Crippen molar-refractivity contribution >= 4 is 6.09 Å². The standard InChI is InChI=1S/C24H39NO3/c1-16(2)22(27-21-15-17-14-20(21)19-9-6-8-18(17)19)28-23(26)25-13-7-12-24(25)10-4-3-5-11-24/h16-22H,3-15H2,1-2H3. The van der Waals surface area contributed by atoms with Crippen LogP contribution >= 0.6 is 0 Å². The van der Waals surface area contributed by atoms with E-state index >= 15 is 0 Å². The number of ether oxygens (including phenoxy) is 2. The minimum atomic E-state index is -0.391. The molecule has 4 aliphatic carbocycles. The van der Waals surface area contributed by atoms with E-state index < -0.39 is 6.29 Å². The largest absolute Gasteiger partial charge is 0.419 e. The summed E-state index contributed by atoms with van der Waals surface area (Å²) in [5, 5.41) is 0. The lowest BCUT2D eigenvalue weighted by Gasteiger charge is -2.42. The number of likely N-dealkylation sites (tertiary alicyclic amines) is 1. The number of rotatable bonds is 4. The highest BCUT2D eigenvalue weighted by Gasteiger charge is 2.55. The molecule has 1 spiro atoms. The van der Waals surface area contributed by atoms with Gasteiger partial charge in [0.05, 0.1) is 6.10 Å². The van der Waals surface area contributed by atoms with Gasteiger partial charge in [-0.05, 0) is 75.0 Å². The average Bonchev–Trinajstić information content (AvgIpc) is 3.43. The van der Waals surface area contributed by atoms with Crippen molar-refractivity contribution in [3.63, 3.8) is 0 Å². The van der Waals surface area contributed by atoms with Crippen molar-refractivity contribution in [2.75, 3.05) is 6.54 Å². The minimum Gasteiger partial charge on any atom is -0.419 e. The van der Waals surface area contributed by atoms with Gasteiger partial charge in [-0.3, -0.25) is 0 Å². The Morgan fingerprint density at radius 2 is 1.68 bits per heavy atom. The van der Waals surface area contributed by atoms with Gasteiger partial charge in [-0.2, -0.15) is 0 Å². The van der Waals surface area contributed by atoms with E-state index in [2.05, 4.69) is 18.7 Å². The molecule has 0 aromatic heterocycles. The Balaban J connectivity index is 1.23. The highest BCUT2D eigenvalue weighted by atomic mass is 16.7. The van der Waals surface area contributed by atoms with Crippen molar-refractivity contribution in [3.05, 3.63) is 0 Å². The van der Waals surface area contributed by atoms with Crippen LogP contribution in [0.4, 0.5) is 4.79 Å². The number of hydrogen-bond donors (Lipinski definition) is 0. The van der Waals surface area contributed by atoms with E-state index in [9.17, 15) is 4.79 Å². The van der Waals surface area contributed by atoms with Gasteiger partial charge in [0.1, 0.15) is 0 Å². The van der Waals surface area contributed by atoms with Crippen molar-refractivity contribution in [1.29, 1.82) is 0 Å². The van der Waals surface area contributed by atoms with Crippen LogP contribution in [0.1, 0.15) is 90.9 Å². The molecule has 1 saturated heterocycles. The maximum atomic E-state index is 13.2. The summed E-state index contributed by atoms with van der Waals surface area (Å²) in [6.45, 7) is 5.12. The minimum absolute atomic E-state index is 0.0837. The molecule has 5 fully saturated rings. The van der Waals surface area contributed by atoms with Gasteiger partial charge in [0.15, 0.2) is 0 Å². The van der Waals surface area contributed by atoms with Gasteiger partial charge >= 0.3 is 6.09 Å². The first-order chi connectivity index (χ1) is 13.6. The van der Waals surface area contributed by atoms with E-state index in [-0.39, 0.29) is 17.6 Å². The van der Waals surface area contributed by atoms with Crippen LogP contribution in [0.25, 0.3) is 0 Å². The van der Waals surface area contributed by atoms with Crippen LogP contribution in [-0.2, 0) is 9.47 Å². The quantitative estimate of drug-likeness (QED) is 0.575. The molecule has 4 heteroatoms. The monoisotopic (exact) mass is 389 g/mol. The first-order valence-corrected chi connectivity index (χ1v) is 12.2. The number of hydrogen-bond acceptors (Lipinski definition) is 3. The smallest absolute Gasteiger partial charge is 0.412 e. The fourth-order valence-corrected chi connectivity index (χ4v) is 7.77. The van der Waals surface area contributed by atoms with Crippen LogP contribution in [0.15, 0.2) is 0 Å². The normalized spacial score (nSPS) is 39.7. The van der Waals surface area contributed by atoms with Gasteiger partial charge in [0.25, 0.3) is 0 Å². The second kappa shape index (κ2) is 7.49. The van der Waals surface area contributed by atoms with Crippen LogP contribution in [-0.4, -0.2) is 35.5 Å². The summed E-state index contributed by atoms with van der Waals surface area (Å²) in [4.78, 5) is 15.3. The average molecular weight is 390 g/mol. The Morgan fingerprint density at radius 1 is 0.929 bits per heavy atom. The molecule has 1 heterocycles. The second-order valence-corrected chi connectivity index (χ2v) is 10.9. The first kappa shape index (κ1) is 19.2. The molecule has 5 rings (SSSR count). The van der Waals surface area contributed by atoms with Crippen molar-refractivity contribution < 1.29 is 14.3 Å². The lowest BCUT2D eigenvalue weighted by Crippen LogP contribution is -2.50. The Labute approximate surface area is 170 Å². The third-order valence-electron chi connectivity index (χ3n) is 9.04. The highest BCUT2D eigenvalue weighted by Crippen LogP contribution is 2.59. The summed E-state index contributed by atoms with van der Waals surface area (Å²) < 4.78 is 12.6. The van der Waals surface area contributed by atoms with Gasteiger partial charge in [-0.1, -0.05) is 39.5 Å². The molecule has 0 radical (unpaired) electrons. The molecule has 1 amide bonds. The fraction of sp³-hybridized carbons (Fsp3) is 0.958. The van der Waals surface area contributed by atoms with E-state index in [1.807, 2.05) is 0 Å². The zero-order valence-corrected chi connectivity index (χ0v) is 17.9. The van der Waals surface area contributed by atoms with E-state index in [0.29, 0.717) is 12.0 Å². The summed E-state index contributed by atoms with van der Waals surface area (Å²) in [5.74, 6) is 3.65. The van der Waals surface area contributed by atoms with Gasteiger partial charge in [-0.15, -0.1) is 0 Å². The molecular weight excluding hydrogens is 350 g/mol. The molecule has 1 aliphatic heterocycles. The number of carbonyl (C=O) groups is 1. The summed E-state index contributed by atoms with van der Waals surface area (Å²) in [6, 6.07) is 0. The number of amides is 1. The SMILES string of the molecule is CC(C)C(OC(=O)N1CCCC12CCCCC2)OC1CC2CC1C1CCCC21. The predicted molar refractivity (Wildman–Crippen MR) is 109 cm³/mol. The summed E-state index contributed by atoms with van der Waals surface area (Å²) in [6.07, 6.45) is 15.0. The number of fused-ring (bicyclic) bond motifs is 5. The lowest BCUT2D eigenvalue weighted by molar-refractivity contribution is -0.183. The Bertz CT molecular complexity index is 584. The fourth-order valence-electron chi connectivity index (χ4n) is 7.77. The highest BCUT2D eigenvalue weighted by molar-refractivity contribution is 5.69. The van der Waals surface area contributed by atoms with Crippen molar-refractivity contribution in [2.45, 2.75) is 109 Å². The van der Waals surface area contributed by atoms with Gasteiger partial charge in [0, 0.05) is 18.0 Å². The van der Waals surface area contributed by atoms with Crippen molar-refractivity contribution in [3.8, 4) is 0 Å². The van der Waals surface area contributed by atoms with Crippen LogP contribution in [0, 0.1) is 29.6 Å². The van der Waals surface area contributed by atoms with Crippen molar-refractivity contribution in [2.24, 2.45) is 29.6 Å². The van der Waals surface area contributed by atoms with Gasteiger partial charge in [-0.25, -0.2) is 4.79 Å². The zero-order valence-electron chi connectivity index (χ0n) is 17.9. The molecule has 4 nitrogen and oxygen atoms in total. The molecule has 6 atom stereocenters. The van der Waals surface area contributed by atoms with Crippen LogP contribution < -0.4 is 0 Å². The number of nitrogens with zero attached hydrogens (tertiary/aromatic N) is 1. The van der Waals surface area contributed by atoms with Gasteiger partial charge in [0.2, 0.25) is 6.29 Å². The number of carbonyl (C=O) groups excluding carboxylic acids is 1. The molecule has 0 N–H and O–H groups in total. The maximum Gasteiger partial charge on any atom is 0.412 e. The lowest BCUT2D eigenvalue weighted by atomic mass is 9.80. The summed E-state index contributed by atoms with van der Waals surface area (Å²) >= 11 is 0. The predicted octanol–water partition coefficient (Wildman–Crippen LogP) is 5.75. The molecule has 5 aliphatic rings. The Morgan fingerprint density at radius 3 is 2.46 bits per heavy atom. The molecule has 2 bridgehead atoms. The Kier molecular flexibility index (Phi) is 5.13. The van der Waals surface area contributed by atoms with E-state index in [0.717, 1.165) is 50.0 Å². The summed E-state index contributed by atoms with van der Waals surface area (Å²) in [7, 11) is 0. The maximum absolute atomic E-state index is 13.2. The van der Waals surface area contributed by atoms with E-state index in [1.165, 1.54) is 51.4 Å². The van der Waals surface area contributed by atoms with E-state index in [4.69, 9.17) is 9.47 Å². The third-order valence-corrected chi connectivity index (χ3v) is 9.04. The van der Waals surface area contributed by atoms with Crippen LogP contribution in [0.2, 0.25) is 0 Å². The second-order valence-electron chi connectivity index (χ2n) is 10.9. The molecule has 0 aromatic rings. The van der Waals surface area contributed by atoms with Crippen LogP contribution in [0.3, 0.4) is 0 Å². The molecule has 0 aromatic carbocycles. The molecule has 4 saturated carbocycles. The van der Waals surface area contributed by atoms with Gasteiger partial charge < -0.3 is 14.4 Å². The van der Waals surface area contributed by atoms with E-state index in [1.54, 1.807) is 0 Å².